The maximum atomic E-state index is 12.7. The Kier molecular flexibility index (Phi) is 5.72. The fourth-order valence-corrected chi connectivity index (χ4v) is 4.49. The molecule has 0 radical (unpaired) electrons. The molecule has 2 aliphatic rings. The molecule has 0 aromatic heterocycles. The van der Waals surface area contributed by atoms with Crippen LogP contribution in [0.3, 0.4) is 0 Å². The average molecular weight is 378 g/mol. The van der Waals surface area contributed by atoms with Crippen LogP contribution in [0.4, 0.5) is 4.79 Å². The lowest BCUT2D eigenvalue weighted by Gasteiger charge is -2.29. The van der Waals surface area contributed by atoms with Gasteiger partial charge in [0.15, 0.2) is 5.78 Å². The number of hydrogen-bond acceptors (Lipinski definition) is 4. The number of amides is 1. The first-order valence-electron chi connectivity index (χ1n) is 10.0. The molecule has 1 aliphatic heterocycles. The zero-order valence-corrected chi connectivity index (χ0v) is 15.9. The molecular weight excluding hydrogens is 352 g/mol. The SMILES string of the molecule is O=C(CN[C@H]1CC[C@@H]2CCN(C(=O)OCc3ccccc3)[C@@H]21)c1ccccc1. The van der Waals surface area contributed by atoms with Gasteiger partial charge < -0.3 is 15.0 Å². The summed E-state index contributed by atoms with van der Waals surface area (Å²) in [5.41, 5.74) is 1.70. The zero-order valence-electron chi connectivity index (χ0n) is 15.9. The Morgan fingerprint density at radius 3 is 2.43 bits per heavy atom. The molecule has 146 valence electrons. The molecule has 1 N–H and O–H groups in total. The second-order valence-electron chi connectivity index (χ2n) is 7.63. The summed E-state index contributed by atoms with van der Waals surface area (Å²) in [6, 6.07) is 19.3. The Labute approximate surface area is 165 Å². The standard InChI is InChI=1S/C23H26N2O3/c26-21(18-9-5-2-6-10-18)15-24-20-12-11-19-13-14-25(22(19)20)23(27)28-16-17-7-3-1-4-8-17/h1-10,19-20,22,24H,11-16H2/t19-,20+,22+/m1/s1. The lowest BCUT2D eigenvalue weighted by molar-refractivity contribution is 0.0849. The van der Waals surface area contributed by atoms with Crippen LogP contribution in [-0.2, 0) is 11.3 Å². The third kappa shape index (κ3) is 4.09. The molecule has 1 aliphatic carbocycles. The van der Waals surface area contributed by atoms with Crippen molar-refractivity contribution in [3.63, 3.8) is 0 Å². The van der Waals surface area contributed by atoms with Crippen LogP contribution in [0.25, 0.3) is 0 Å². The summed E-state index contributed by atoms with van der Waals surface area (Å²) in [5, 5.41) is 3.41. The highest BCUT2D eigenvalue weighted by atomic mass is 16.6. The van der Waals surface area contributed by atoms with Gasteiger partial charge in [0, 0.05) is 18.2 Å². The van der Waals surface area contributed by atoms with Crippen molar-refractivity contribution in [3.05, 3.63) is 71.8 Å². The van der Waals surface area contributed by atoms with Gasteiger partial charge in [-0.2, -0.15) is 0 Å². The van der Waals surface area contributed by atoms with E-state index in [1.165, 1.54) is 0 Å². The van der Waals surface area contributed by atoms with Crippen LogP contribution in [0.2, 0.25) is 0 Å². The molecule has 1 saturated heterocycles. The van der Waals surface area contributed by atoms with Gasteiger partial charge in [-0.3, -0.25) is 4.79 Å². The van der Waals surface area contributed by atoms with Crippen LogP contribution in [0.1, 0.15) is 35.2 Å². The van der Waals surface area contributed by atoms with Gasteiger partial charge in [-0.15, -0.1) is 0 Å². The van der Waals surface area contributed by atoms with E-state index in [9.17, 15) is 9.59 Å². The van der Waals surface area contributed by atoms with E-state index in [1.54, 1.807) is 0 Å². The van der Waals surface area contributed by atoms with Crippen molar-refractivity contribution in [1.29, 1.82) is 0 Å². The molecule has 2 fully saturated rings. The summed E-state index contributed by atoms with van der Waals surface area (Å²) in [5.74, 6) is 0.578. The van der Waals surface area contributed by atoms with Crippen LogP contribution < -0.4 is 5.32 Å². The van der Waals surface area contributed by atoms with Crippen LogP contribution in [0.5, 0.6) is 0 Å². The Balaban J connectivity index is 1.34. The van der Waals surface area contributed by atoms with Gasteiger partial charge in [-0.1, -0.05) is 60.7 Å². The number of ether oxygens (including phenoxy) is 1. The van der Waals surface area contributed by atoms with E-state index < -0.39 is 0 Å². The van der Waals surface area contributed by atoms with E-state index in [1.807, 2.05) is 65.6 Å². The summed E-state index contributed by atoms with van der Waals surface area (Å²) < 4.78 is 5.56. The number of benzene rings is 2. The molecule has 0 bridgehead atoms. The van der Waals surface area contributed by atoms with E-state index in [2.05, 4.69) is 5.32 Å². The molecule has 2 aromatic carbocycles. The summed E-state index contributed by atoms with van der Waals surface area (Å²) in [7, 11) is 0. The number of ketones is 1. The molecule has 2 aromatic rings. The van der Waals surface area contributed by atoms with Crippen molar-refractivity contribution in [2.24, 2.45) is 5.92 Å². The minimum atomic E-state index is -0.251. The number of likely N-dealkylation sites (tertiary alicyclic amines) is 1. The second kappa shape index (κ2) is 8.57. The van der Waals surface area contributed by atoms with Crippen LogP contribution in [0, 0.1) is 5.92 Å². The molecule has 5 heteroatoms. The smallest absolute Gasteiger partial charge is 0.410 e. The fraction of sp³-hybridized carbons (Fsp3) is 0.391. The average Bonchev–Trinajstić information content (AvgIpc) is 3.34. The van der Waals surface area contributed by atoms with Crippen LogP contribution in [0.15, 0.2) is 60.7 Å². The summed E-state index contributed by atoms with van der Waals surface area (Å²) in [6.45, 7) is 1.32. The molecular formula is C23H26N2O3. The van der Waals surface area contributed by atoms with E-state index in [0.717, 1.165) is 36.9 Å². The Bertz CT molecular complexity index is 809. The number of hydrogen-bond donors (Lipinski definition) is 1. The number of carbonyl (C=O) groups is 2. The molecule has 5 nitrogen and oxygen atoms in total. The molecule has 1 amide bonds. The quantitative estimate of drug-likeness (QED) is 0.780. The molecule has 1 saturated carbocycles. The van der Waals surface area contributed by atoms with E-state index >= 15 is 0 Å². The van der Waals surface area contributed by atoms with Gasteiger partial charge in [-0.25, -0.2) is 4.79 Å². The highest BCUT2D eigenvalue weighted by molar-refractivity contribution is 5.97. The third-order valence-electron chi connectivity index (χ3n) is 5.90. The molecule has 4 rings (SSSR count). The second-order valence-corrected chi connectivity index (χ2v) is 7.63. The van der Waals surface area contributed by atoms with E-state index in [4.69, 9.17) is 4.74 Å². The van der Waals surface area contributed by atoms with E-state index in [0.29, 0.717) is 12.5 Å². The van der Waals surface area contributed by atoms with Gasteiger partial charge >= 0.3 is 6.09 Å². The maximum absolute atomic E-state index is 12.7. The summed E-state index contributed by atoms with van der Waals surface area (Å²) in [4.78, 5) is 26.9. The van der Waals surface area contributed by atoms with Gasteiger partial charge in [0.25, 0.3) is 0 Å². The lowest BCUT2D eigenvalue weighted by Crippen LogP contribution is -2.49. The van der Waals surface area contributed by atoms with Crippen molar-refractivity contribution in [2.75, 3.05) is 13.1 Å². The molecule has 1 heterocycles. The van der Waals surface area contributed by atoms with E-state index in [-0.39, 0.29) is 30.6 Å². The molecule has 0 unspecified atom stereocenters. The Morgan fingerprint density at radius 2 is 1.68 bits per heavy atom. The van der Waals surface area contributed by atoms with Crippen LogP contribution >= 0.6 is 0 Å². The highest BCUT2D eigenvalue weighted by Gasteiger charge is 2.46. The maximum Gasteiger partial charge on any atom is 0.410 e. The Hall–Kier alpha value is -2.66. The monoisotopic (exact) mass is 378 g/mol. The largest absolute Gasteiger partial charge is 0.445 e. The van der Waals surface area contributed by atoms with Gasteiger partial charge in [0.2, 0.25) is 0 Å². The molecule has 0 spiro atoms. The highest BCUT2D eigenvalue weighted by Crippen LogP contribution is 2.38. The topological polar surface area (TPSA) is 58.6 Å². The number of Topliss-reactive ketones (excluding diaryl/α,β-unsaturated/α-hetero) is 1. The van der Waals surface area contributed by atoms with Gasteiger partial charge in [-0.05, 0) is 30.7 Å². The normalized spacial score (nSPS) is 23.4. The fourth-order valence-electron chi connectivity index (χ4n) is 4.49. The zero-order chi connectivity index (χ0) is 19.3. The first kappa shape index (κ1) is 18.7. The number of carbonyl (C=O) groups excluding carboxylic acids is 2. The van der Waals surface area contributed by atoms with Gasteiger partial charge in [0.05, 0.1) is 12.6 Å². The van der Waals surface area contributed by atoms with Crippen molar-refractivity contribution in [3.8, 4) is 0 Å². The lowest BCUT2D eigenvalue weighted by atomic mass is 10.0. The minimum absolute atomic E-state index is 0.0836. The van der Waals surface area contributed by atoms with Crippen molar-refractivity contribution < 1.29 is 14.3 Å². The summed E-state index contributed by atoms with van der Waals surface area (Å²) in [6.07, 6.45) is 2.83. The minimum Gasteiger partial charge on any atom is -0.445 e. The van der Waals surface area contributed by atoms with Gasteiger partial charge in [0.1, 0.15) is 6.61 Å². The first-order chi connectivity index (χ1) is 13.7. The van der Waals surface area contributed by atoms with Crippen molar-refractivity contribution in [2.45, 2.75) is 38.0 Å². The number of fused-ring (bicyclic) bond motifs is 1. The third-order valence-corrected chi connectivity index (χ3v) is 5.90. The number of nitrogens with zero attached hydrogens (tertiary/aromatic N) is 1. The first-order valence-corrected chi connectivity index (χ1v) is 10.0. The predicted octanol–water partition coefficient (Wildman–Crippen LogP) is 3.65. The predicted molar refractivity (Wildman–Crippen MR) is 107 cm³/mol. The summed E-state index contributed by atoms with van der Waals surface area (Å²) >= 11 is 0. The number of nitrogens with one attached hydrogen (secondary N) is 1. The Morgan fingerprint density at radius 1 is 0.964 bits per heavy atom. The van der Waals surface area contributed by atoms with Crippen LogP contribution in [-0.4, -0.2) is 41.9 Å². The number of rotatable bonds is 6. The molecule has 3 atom stereocenters. The van der Waals surface area contributed by atoms with Crippen molar-refractivity contribution >= 4 is 11.9 Å². The molecule has 28 heavy (non-hydrogen) atoms. The van der Waals surface area contributed by atoms with Crippen molar-refractivity contribution in [1.82, 2.24) is 10.2 Å².